The van der Waals surface area contributed by atoms with E-state index in [1.54, 1.807) is 0 Å². The summed E-state index contributed by atoms with van der Waals surface area (Å²) in [4.78, 5) is 25.4. The Kier molecular flexibility index (Phi) is 4.79. The molecule has 2 amide bonds. The van der Waals surface area contributed by atoms with Gasteiger partial charge in [-0.25, -0.2) is 0 Å². The fraction of sp³-hybridized carbons (Fsp3) is 0.714. The Morgan fingerprint density at radius 3 is 3.06 bits per heavy atom. The van der Waals surface area contributed by atoms with E-state index < -0.39 is 0 Å². The first-order chi connectivity index (χ1) is 8.75. The molecule has 1 fully saturated rings. The summed E-state index contributed by atoms with van der Waals surface area (Å²) < 4.78 is 0. The lowest BCUT2D eigenvalue weighted by Gasteiger charge is -2.20. The van der Waals surface area contributed by atoms with Crippen molar-refractivity contribution in [3.63, 3.8) is 0 Å². The summed E-state index contributed by atoms with van der Waals surface area (Å²) >= 11 is 0. The van der Waals surface area contributed by atoms with E-state index in [0.29, 0.717) is 19.4 Å². The molecule has 1 saturated heterocycles. The van der Waals surface area contributed by atoms with Crippen LogP contribution in [-0.2, 0) is 9.59 Å². The van der Waals surface area contributed by atoms with Crippen molar-refractivity contribution in [2.45, 2.75) is 51.0 Å². The molecule has 0 aromatic heterocycles. The van der Waals surface area contributed by atoms with Crippen LogP contribution in [-0.4, -0.2) is 35.8 Å². The molecule has 1 aliphatic heterocycles. The van der Waals surface area contributed by atoms with Gasteiger partial charge in [0.2, 0.25) is 11.8 Å². The molecule has 1 heterocycles. The predicted octanol–water partition coefficient (Wildman–Crippen LogP) is 1.61. The Hall–Kier alpha value is -1.32. The van der Waals surface area contributed by atoms with Crippen LogP contribution in [0, 0.1) is 0 Å². The third kappa shape index (κ3) is 3.86. The molecular weight excluding hydrogens is 228 g/mol. The monoisotopic (exact) mass is 250 g/mol. The van der Waals surface area contributed by atoms with Crippen molar-refractivity contribution in [1.82, 2.24) is 10.2 Å². The van der Waals surface area contributed by atoms with Crippen LogP contribution < -0.4 is 5.32 Å². The average molecular weight is 250 g/mol. The summed E-state index contributed by atoms with van der Waals surface area (Å²) in [6, 6.07) is 0.206. The Morgan fingerprint density at radius 1 is 1.39 bits per heavy atom. The number of hydrogen-bond acceptors (Lipinski definition) is 2. The van der Waals surface area contributed by atoms with Crippen LogP contribution in [0.2, 0.25) is 0 Å². The largest absolute Gasteiger partial charge is 0.350 e. The van der Waals surface area contributed by atoms with Gasteiger partial charge >= 0.3 is 0 Å². The summed E-state index contributed by atoms with van der Waals surface area (Å²) in [5, 5.41) is 2.99. The quantitative estimate of drug-likeness (QED) is 0.771. The molecule has 4 heteroatoms. The average Bonchev–Trinajstić information content (AvgIpc) is 2.76. The van der Waals surface area contributed by atoms with Gasteiger partial charge in [-0.2, -0.15) is 0 Å². The van der Waals surface area contributed by atoms with Crippen LogP contribution in [0.1, 0.15) is 44.9 Å². The number of likely N-dealkylation sites (tertiary alicyclic amines) is 1. The van der Waals surface area contributed by atoms with Gasteiger partial charge in [0.1, 0.15) is 0 Å². The van der Waals surface area contributed by atoms with Crippen molar-refractivity contribution in [3.05, 3.63) is 12.2 Å². The summed E-state index contributed by atoms with van der Waals surface area (Å²) in [6.07, 6.45) is 10.5. The van der Waals surface area contributed by atoms with Crippen LogP contribution in [0.3, 0.4) is 0 Å². The normalized spacial score (nSPS) is 24.1. The van der Waals surface area contributed by atoms with Crippen molar-refractivity contribution in [2.75, 3.05) is 13.1 Å². The number of carbonyl (C=O) groups is 2. The zero-order valence-corrected chi connectivity index (χ0v) is 10.9. The minimum absolute atomic E-state index is 0.0589. The van der Waals surface area contributed by atoms with Crippen LogP contribution in [0.5, 0.6) is 0 Å². The molecule has 2 rings (SSSR count). The minimum atomic E-state index is 0.0589. The Labute approximate surface area is 108 Å². The van der Waals surface area contributed by atoms with Gasteiger partial charge in [0.15, 0.2) is 0 Å². The molecule has 4 nitrogen and oxygen atoms in total. The van der Waals surface area contributed by atoms with E-state index in [9.17, 15) is 9.59 Å². The number of amides is 2. The van der Waals surface area contributed by atoms with Crippen LogP contribution in [0.15, 0.2) is 12.2 Å². The summed E-state index contributed by atoms with van der Waals surface area (Å²) in [7, 11) is 0. The SMILES string of the molecule is O=C(CCN1CCCCCC1=O)NC1C=CCC1. The number of carbonyl (C=O) groups excluding carboxylic acids is 2. The van der Waals surface area contributed by atoms with Crippen molar-refractivity contribution < 1.29 is 9.59 Å². The first-order valence-electron chi connectivity index (χ1n) is 6.99. The van der Waals surface area contributed by atoms with Crippen LogP contribution in [0.25, 0.3) is 0 Å². The highest BCUT2D eigenvalue weighted by Gasteiger charge is 2.18. The van der Waals surface area contributed by atoms with E-state index >= 15 is 0 Å². The first-order valence-corrected chi connectivity index (χ1v) is 6.99. The summed E-state index contributed by atoms with van der Waals surface area (Å²) in [5.41, 5.74) is 0. The van der Waals surface area contributed by atoms with Crippen molar-refractivity contribution in [1.29, 1.82) is 0 Å². The van der Waals surface area contributed by atoms with Gasteiger partial charge in [0.25, 0.3) is 0 Å². The molecule has 0 radical (unpaired) electrons. The van der Waals surface area contributed by atoms with E-state index in [0.717, 1.165) is 38.6 Å². The Morgan fingerprint density at radius 2 is 2.28 bits per heavy atom. The predicted molar refractivity (Wildman–Crippen MR) is 70.0 cm³/mol. The lowest BCUT2D eigenvalue weighted by atomic mass is 10.2. The van der Waals surface area contributed by atoms with E-state index in [1.807, 2.05) is 4.90 Å². The molecule has 18 heavy (non-hydrogen) atoms. The molecule has 2 aliphatic rings. The fourth-order valence-corrected chi connectivity index (χ4v) is 2.54. The maximum Gasteiger partial charge on any atom is 0.222 e. The Bertz CT molecular complexity index is 339. The maximum atomic E-state index is 11.8. The van der Waals surface area contributed by atoms with E-state index in [2.05, 4.69) is 17.5 Å². The summed E-state index contributed by atoms with van der Waals surface area (Å²) in [6.45, 7) is 1.39. The maximum absolute atomic E-state index is 11.8. The molecule has 1 aliphatic carbocycles. The molecular formula is C14H22N2O2. The van der Waals surface area contributed by atoms with E-state index in [-0.39, 0.29) is 17.9 Å². The number of allylic oxidation sites excluding steroid dienone is 1. The lowest BCUT2D eigenvalue weighted by molar-refractivity contribution is -0.131. The molecule has 1 atom stereocenters. The molecule has 0 aromatic rings. The van der Waals surface area contributed by atoms with Gasteiger partial charge in [0.05, 0.1) is 0 Å². The molecule has 0 saturated carbocycles. The number of nitrogens with zero attached hydrogens (tertiary/aromatic N) is 1. The van der Waals surface area contributed by atoms with Gasteiger partial charge in [-0.1, -0.05) is 18.6 Å². The summed E-state index contributed by atoms with van der Waals surface area (Å²) in [5.74, 6) is 0.268. The van der Waals surface area contributed by atoms with Crippen molar-refractivity contribution in [3.8, 4) is 0 Å². The second-order valence-corrected chi connectivity index (χ2v) is 5.12. The first kappa shape index (κ1) is 13.1. The van der Waals surface area contributed by atoms with Gasteiger partial charge in [-0.15, -0.1) is 0 Å². The lowest BCUT2D eigenvalue weighted by Crippen LogP contribution is -2.37. The van der Waals surface area contributed by atoms with Crippen molar-refractivity contribution >= 4 is 11.8 Å². The van der Waals surface area contributed by atoms with E-state index in [1.165, 1.54) is 0 Å². The number of nitrogens with one attached hydrogen (secondary N) is 1. The highest BCUT2D eigenvalue weighted by atomic mass is 16.2. The standard InChI is InChI=1S/C14H22N2O2/c17-13(15-12-6-3-4-7-12)9-11-16-10-5-1-2-8-14(16)18/h3,6,12H,1-2,4-5,7-11H2,(H,15,17). The van der Waals surface area contributed by atoms with Gasteiger partial charge in [-0.05, 0) is 25.7 Å². The molecule has 0 spiro atoms. The second kappa shape index (κ2) is 6.57. The van der Waals surface area contributed by atoms with Gasteiger partial charge in [-0.3, -0.25) is 9.59 Å². The second-order valence-electron chi connectivity index (χ2n) is 5.12. The smallest absolute Gasteiger partial charge is 0.222 e. The zero-order chi connectivity index (χ0) is 12.8. The topological polar surface area (TPSA) is 49.4 Å². The molecule has 100 valence electrons. The third-order valence-electron chi connectivity index (χ3n) is 3.64. The van der Waals surface area contributed by atoms with Gasteiger partial charge < -0.3 is 10.2 Å². The van der Waals surface area contributed by atoms with Gasteiger partial charge in [0, 0.05) is 32.0 Å². The number of rotatable bonds is 4. The highest BCUT2D eigenvalue weighted by molar-refractivity contribution is 5.79. The zero-order valence-electron chi connectivity index (χ0n) is 10.9. The van der Waals surface area contributed by atoms with Crippen molar-refractivity contribution in [2.24, 2.45) is 0 Å². The molecule has 1 N–H and O–H groups in total. The molecule has 1 unspecified atom stereocenters. The Balaban J connectivity index is 1.70. The number of hydrogen-bond donors (Lipinski definition) is 1. The minimum Gasteiger partial charge on any atom is -0.350 e. The highest BCUT2D eigenvalue weighted by Crippen LogP contribution is 2.12. The molecule has 0 bridgehead atoms. The van der Waals surface area contributed by atoms with Crippen LogP contribution in [0.4, 0.5) is 0 Å². The van der Waals surface area contributed by atoms with Crippen LogP contribution >= 0.6 is 0 Å². The molecule has 0 aromatic carbocycles. The van der Waals surface area contributed by atoms with E-state index in [4.69, 9.17) is 0 Å². The fourth-order valence-electron chi connectivity index (χ4n) is 2.54. The third-order valence-corrected chi connectivity index (χ3v) is 3.64.